The lowest BCUT2D eigenvalue weighted by Gasteiger charge is -2.19. The highest BCUT2D eigenvalue weighted by atomic mass is 79.9. The molecule has 0 fully saturated rings. The molecule has 0 aliphatic rings. The highest BCUT2D eigenvalue weighted by molar-refractivity contribution is 9.28. The van der Waals surface area contributed by atoms with Gasteiger partial charge in [0.1, 0.15) is 5.75 Å². The molecule has 0 aliphatic heterocycles. The van der Waals surface area contributed by atoms with Gasteiger partial charge in [-0.25, -0.2) is 0 Å². The van der Waals surface area contributed by atoms with Crippen molar-refractivity contribution in [1.82, 2.24) is 0 Å². The average Bonchev–Trinajstić information content (AvgIpc) is 2.06. The summed E-state index contributed by atoms with van der Waals surface area (Å²) in [6, 6.07) is 5.68. The largest absolute Gasteiger partial charge is 0.507 e. The zero-order valence-corrected chi connectivity index (χ0v) is 12.2. The second kappa shape index (κ2) is 4.71. The van der Waals surface area contributed by atoms with Crippen LogP contribution in [0.5, 0.6) is 5.75 Å². The van der Waals surface area contributed by atoms with Crippen LogP contribution >= 0.6 is 31.9 Å². The van der Waals surface area contributed by atoms with Gasteiger partial charge in [0, 0.05) is 5.56 Å². The minimum absolute atomic E-state index is 0.0923. The Morgan fingerprint density at radius 3 is 2.33 bits per heavy atom. The molecule has 0 saturated heterocycles. The van der Waals surface area contributed by atoms with Crippen LogP contribution in [0.3, 0.4) is 0 Å². The van der Waals surface area contributed by atoms with E-state index in [1.165, 1.54) is 5.56 Å². The Bertz CT molecular complexity index is 385. The summed E-state index contributed by atoms with van der Waals surface area (Å²) in [4.78, 5) is 0. The van der Waals surface area contributed by atoms with Crippen LogP contribution in [0.1, 0.15) is 31.9 Å². The van der Waals surface area contributed by atoms with Crippen molar-refractivity contribution in [3.8, 4) is 5.75 Å². The van der Waals surface area contributed by atoms with Crippen LogP contribution in [0.15, 0.2) is 21.6 Å². The molecule has 0 aromatic heterocycles. The van der Waals surface area contributed by atoms with Gasteiger partial charge in [0.25, 0.3) is 0 Å². The lowest BCUT2D eigenvalue weighted by molar-refractivity contribution is 0.472. The number of benzene rings is 1. The first kappa shape index (κ1) is 12.8. The fourth-order valence-corrected chi connectivity index (χ4v) is 1.75. The number of phenolic OH excluding ortho intramolecular Hbond substituents is 1. The van der Waals surface area contributed by atoms with E-state index in [9.17, 15) is 5.11 Å². The smallest absolute Gasteiger partial charge is 0.122 e. The molecule has 0 unspecified atom stereocenters. The second-order valence-electron chi connectivity index (χ2n) is 4.46. The Kier molecular flexibility index (Phi) is 4.01. The number of hydrogen-bond donors (Lipinski definition) is 1. The average molecular weight is 334 g/mol. The lowest BCUT2D eigenvalue weighted by Crippen LogP contribution is -2.10. The number of aromatic hydroxyl groups is 1. The zero-order chi connectivity index (χ0) is 11.6. The summed E-state index contributed by atoms with van der Waals surface area (Å²) >= 11 is 6.57. The van der Waals surface area contributed by atoms with Crippen molar-refractivity contribution in [2.45, 2.75) is 26.2 Å². The van der Waals surface area contributed by atoms with Gasteiger partial charge in [-0.2, -0.15) is 0 Å². The monoisotopic (exact) mass is 332 g/mol. The molecule has 1 N–H and O–H groups in total. The van der Waals surface area contributed by atoms with Gasteiger partial charge < -0.3 is 5.11 Å². The number of rotatable bonds is 1. The number of phenols is 1. The van der Waals surface area contributed by atoms with Crippen molar-refractivity contribution in [2.75, 3.05) is 0 Å². The SMILES string of the molecule is CC(C)(C)c1ccc(O)c(C=C(Br)Br)c1. The molecule has 15 heavy (non-hydrogen) atoms. The fourth-order valence-electron chi connectivity index (χ4n) is 1.25. The van der Waals surface area contributed by atoms with Gasteiger partial charge in [0.15, 0.2) is 0 Å². The molecule has 0 aliphatic carbocycles. The van der Waals surface area contributed by atoms with E-state index in [1.54, 1.807) is 6.07 Å². The van der Waals surface area contributed by atoms with Crippen molar-refractivity contribution in [3.05, 3.63) is 32.7 Å². The summed E-state index contributed by atoms with van der Waals surface area (Å²) in [5.74, 6) is 0.291. The summed E-state index contributed by atoms with van der Waals surface area (Å²) < 4.78 is 0.816. The van der Waals surface area contributed by atoms with Gasteiger partial charge in [-0.3, -0.25) is 0 Å². The molecule has 0 spiro atoms. The summed E-state index contributed by atoms with van der Waals surface area (Å²) in [6.45, 7) is 6.45. The quantitative estimate of drug-likeness (QED) is 0.784. The van der Waals surface area contributed by atoms with E-state index in [2.05, 4.69) is 52.6 Å². The second-order valence-corrected chi connectivity index (χ2v) is 7.23. The molecule has 0 atom stereocenters. The Hall–Kier alpha value is -0.280. The molecular weight excluding hydrogens is 320 g/mol. The van der Waals surface area contributed by atoms with Crippen LogP contribution in [-0.4, -0.2) is 5.11 Å². The highest BCUT2D eigenvalue weighted by Crippen LogP contribution is 2.30. The zero-order valence-electron chi connectivity index (χ0n) is 9.01. The summed E-state index contributed by atoms with van der Waals surface area (Å²) in [6.07, 6.45) is 1.84. The normalized spacial score (nSPS) is 11.3. The summed E-state index contributed by atoms with van der Waals surface area (Å²) in [5.41, 5.74) is 2.11. The van der Waals surface area contributed by atoms with Gasteiger partial charge in [-0.1, -0.05) is 26.8 Å². The van der Waals surface area contributed by atoms with E-state index < -0.39 is 0 Å². The molecule has 1 aromatic rings. The predicted octanol–water partition coefficient (Wildman–Crippen LogP) is 4.78. The van der Waals surface area contributed by atoms with E-state index in [4.69, 9.17) is 0 Å². The van der Waals surface area contributed by atoms with Gasteiger partial charge >= 0.3 is 0 Å². The Labute approximate surface area is 107 Å². The summed E-state index contributed by atoms with van der Waals surface area (Å²) in [5, 5.41) is 9.66. The molecule has 3 heteroatoms. The van der Waals surface area contributed by atoms with Crippen LogP contribution in [0, 0.1) is 0 Å². The first-order valence-electron chi connectivity index (χ1n) is 4.67. The van der Waals surface area contributed by atoms with Gasteiger partial charge in [0.2, 0.25) is 0 Å². The Morgan fingerprint density at radius 2 is 1.87 bits per heavy atom. The molecule has 1 nitrogen and oxygen atoms in total. The minimum atomic E-state index is 0.0923. The van der Waals surface area contributed by atoms with Crippen molar-refractivity contribution in [2.24, 2.45) is 0 Å². The van der Waals surface area contributed by atoms with E-state index in [0.717, 1.165) is 8.96 Å². The third-order valence-corrected chi connectivity index (χ3v) is 2.62. The van der Waals surface area contributed by atoms with E-state index in [1.807, 2.05) is 18.2 Å². The van der Waals surface area contributed by atoms with Gasteiger partial charge in [0.05, 0.1) is 3.39 Å². The van der Waals surface area contributed by atoms with Crippen molar-refractivity contribution >= 4 is 37.9 Å². The Balaban J connectivity index is 3.23. The standard InChI is InChI=1S/C12H14Br2O/c1-12(2,3)9-4-5-10(15)8(6-9)7-11(13)14/h4-7,15H,1-3H3. The molecule has 0 saturated carbocycles. The third-order valence-electron chi connectivity index (χ3n) is 2.16. The molecule has 1 rings (SSSR count). The van der Waals surface area contributed by atoms with Gasteiger partial charge in [-0.15, -0.1) is 0 Å². The molecule has 0 radical (unpaired) electrons. The maximum Gasteiger partial charge on any atom is 0.122 e. The van der Waals surface area contributed by atoms with Crippen molar-refractivity contribution < 1.29 is 5.11 Å². The van der Waals surface area contributed by atoms with Crippen LogP contribution < -0.4 is 0 Å². The third kappa shape index (κ3) is 3.65. The highest BCUT2D eigenvalue weighted by Gasteiger charge is 2.14. The van der Waals surface area contributed by atoms with Crippen LogP contribution in [-0.2, 0) is 5.41 Å². The van der Waals surface area contributed by atoms with E-state index in [-0.39, 0.29) is 5.41 Å². The number of halogens is 2. The van der Waals surface area contributed by atoms with E-state index in [0.29, 0.717) is 5.75 Å². The van der Waals surface area contributed by atoms with Crippen LogP contribution in [0.4, 0.5) is 0 Å². The lowest BCUT2D eigenvalue weighted by atomic mass is 9.86. The topological polar surface area (TPSA) is 20.2 Å². The maximum absolute atomic E-state index is 9.66. The molecular formula is C12H14Br2O. The molecule has 82 valence electrons. The molecule has 1 aromatic carbocycles. The van der Waals surface area contributed by atoms with Crippen LogP contribution in [0.2, 0.25) is 0 Å². The number of hydrogen-bond acceptors (Lipinski definition) is 1. The van der Waals surface area contributed by atoms with Crippen molar-refractivity contribution in [1.29, 1.82) is 0 Å². The first-order valence-corrected chi connectivity index (χ1v) is 6.25. The predicted molar refractivity (Wildman–Crippen MR) is 72.6 cm³/mol. The summed E-state index contributed by atoms with van der Waals surface area (Å²) in [7, 11) is 0. The van der Waals surface area contributed by atoms with Gasteiger partial charge in [-0.05, 0) is 61.0 Å². The molecule has 0 heterocycles. The van der Waals surface area contributed by atoms with E-state index >= 15 is 0 Å². The maximum atomic E-state index is 9.66. The Morgan fingerprint density at radius 1 is 1.27 bits per heavy atom. The fraction of sp³-hybridized carbons (Fsp3) is 0.333. The first-order chi connectivity index (χ1) is 6.80. The molecule has 0 bridgehead atoms. The van der Waals surface area contributed by atoms with Crippen molar-refractivity contribution in [3.63, 3.8) is 0 Å². The van der Waals surface area contributed by atoms with Crippen LogP contribution in [0.25, 0.3) is 6.08 Å². The minimum Gasteiger partial charge on any atom is -0.507 e. The molecule has 0 amide bonds.